The highest BCUT2D eigenvalue weighted by atomic mass is 16.3. The van der Waals surface area contributed by atoms with Crippen molar-refractivity contribution < 1.29 is 4.42 Å². The Hall–Kier alpha value is -2.88. The second-order valence-corrected chi connectivity index (χ2v) is 5.16. The van der Waals surface area contributed by atoms with Crippen LogP contribution in [-0.4, -0.2) is 16.5 Å². The molecule has 0 unspecified atom stereocenters. The Morgan fingerprint density at radius 2 is 1.73 bits per heavy atom. The van der Waals surface area contributed by atoms with Crippen LogP contribution in [0.5, 0.6) is 0 Å². The van der Waals surface area contributed by atoms with Crippen LogP contribution in [0, 0.1) is 0 Å². The standard InChI is InChI=1S/C18H15N3O/c1-2-6-13(7-3-1)10-11-19-18-17-16(20-12-21-18)14-8-4-5-9-15(14)22-17/h1-9,12H,10-11H2,(H,19,20,21). The Morgan fingerprint density at radius 3 is 2.64 bits per heavy atom. The molecule has 0 radical (unpaired) electrons. The van der Waals surface area contributed by atoms with Crippen LogP contribution in [0.4, 0.5) is 5.82 Å². The minimum Gasteiger partial charge on any atom is -0.450 e. The fraction of sp³-hybridized carbons (Fsp3) is 0.111. The lowest BCUT2D eigenvalue weighted by Gasteiger charge is -2.05. The maximum absolute atomic E-state index is 5.90. The quantitative estimate of drug-likeness (QED) is 0.616. The lowest BCUT2D eigenvalue weighted by Crippen LogP contribution is -2.06. The van der Waals surface area contributed by atoms with Crippen molar-refractivity contribution in [3.05, 3.63) is 66.5 Å². The van der Waals surface area contributed by atoms with Crippen LogP contribution < -0.4 is 5.32 Å². The fourth-order valence-corrected chi connectivity index (χ4v) is 2.62. The first-order valence-electron chi connectivity index (χ1n) is 7.32. The molecular formula is C18H15N3O. The number of hydrogen-bond acceptors (Lipinski definition) is 4. The van der Waals surface area contributed by atoms with Gasteiger partial charge in [-0.05, 0) is 24.1 Å². The number of hydrogen-bond donors (Lipinski definition) is 1. The maximum Gasteiger partial charge on any atom is 0.196 e. The predicted octanol–water partition coefficient (Wildman–Crippen LogP) is 4.03. The van der Waals surface area contributed by atoms with Gasteiger partial charge in [-0.15, -0.1) is 0 Å². The van der Waals surface area contributed by atoms with Crippen molar-refractivity contribution in [1.29, 1.82) is 0 Å². The van der Waals surface area contributed by atoms with Gasteiger partial charge >= 0.3 is 0 Å². The summed E-state index contributed by atoms with van der Waals surface area (Å²) < 4.78 is 5.90. The van der Waals surface area contributed by atoms with Crippen molar-refractivity contribution in [2.45, 2.75) is 6.42 Å². The minimum absolute atomic E-state index is 0.719. The largest absolute Gasteiger partial charge is 0.450 e. The van der Waals surface area contributed by atoms with Gasteiger partial charge in [-0.3, -0.25) is 0 Å². The van der Waals surface area contributed by atoms with Gasteiger partial charge in [0.15, 0.2) is 11.4 Å². The summed E-state index contributed by atoms with van der Waals surface area (Å²) in [5.74, 6) is 0.747. The summed E-state index contributed by atoms with van der Waals surface area (Å²) in [6, 6.07) is 18.3. The van der Waals surface area contributed by atoms with Crippen molar-refractivity contribution in [3.8, 4) is 0 Å². The molecule has 0 aliphatic carbocycles. The zero-order chi connectivity index (χ0) is 14.8. The van der Waals surface area contributed by atoms with Crippen molar-refractivity contribution in [2.24, 2.45) is 0 Å². The van der Waals surface area contributed by atoms with E-state index in [1.165, 1.54) is 5.56 Å². The second-order valence-electron chi connectivity index (χ2n) is 5.16. The summed E-state index contributed by atoms with van der Waals surface area (Å²) in [4.78, 5) is 8.67. The number of benzene rings is 2. The average molecular weight is 289 g/mol. The van der Waals surface area contributed by atoms with Crippen LogP contribution >= 0.6 is 0 Å². The highest BCUT2D eigenvalue weighted by molar-refractivity contribution is 6.05. The molecule has 4 heteroatoms. The summed E-state index contributed by atoms with van der Waals surface area (Å²) in [5, 5.41) is 4.37. The molecule has 0 atom stereocenters. The molecule has 22 heavy (non-hydrogen) atoms. The maximum atomic E-state index is 5.90. The Balaban J connectivity index is 1.61. The van der Waals surface area contributed by atoms with Crippen molar-refractivity contribution in [2.75, 3.05) is 11.9 Å². The number of nitrogens with zero attached hydrogens (tertiary/aromatic N) is 2. The van der Waals surface area contributed by atoms with Gasteiger partial charge in [-0.2, -0.15) is 0 Å². The number of aromatic nitrogens is 2. The smallest absolute Gasteiger partial charge is 0.196 e. The van der Waals surface area contributed by atoms with Gasteiger partial charge in [-0.1, -0.05) is 42.5 Å². The molecule has 0 saturated heterocycles. The topological polar surface area (TPSA) is 51.0 Å². The van der Waals surface area contributed by atoms with Crippen LogP contribution in [0.1, 0.15) is 5.56 Å². The average Bonchev–Trinajstić information content (AvgIpc) is 2.96. The number of fused-ring (bicyclic) bond motifs is 3. The minimum atomic E-state index is 0.719. The van der Waals surface area contributed by atoms with Crippen LogP contribution in [0.2, 0.25) is 0 Å². The van der Waals surface area contributed by atoms with Gasteiger partial charge in [0.2, 0.25) is 0 Å². The molecule has 0 bridgehead atoms. The Bertz CT molecular complexity index is 915. The van der Waals surface area contributed by atoms with E-state index in [2.05, 4.69) is 39.6 Å². The molecule has 0 fully saturated rings. The number of rotatable bonds is 4. The summed E-state index contributed by atoms with van der Waals surface area (Å²) in [6.07, 6.45) is 2.52. The molecule has 0 spiro atoms. The first-order valence-corrected chi connectivity index (χ1v) is 7.32. The zero-order valence-electron chi connectivity index (χ0n) is 12.0. The molecule has 4 aromatic rings. The van der Waals surface area contributed by atoms with E-state index >= 15 is 0 Å². The summed E-state index contributed by atoms with van der Waals surface area (Å²) in [6.45, 7) is 0.799. The number of furan rings is 1. The van der Waals surface area contributed by atoms with Gasteiger partial charge in [0, 0.05) is 11.9 Å². The SMILES string of the molecule is c1ccc(CCNc2ncnc3c2oc2ccccc23)cc1. The number of anilines is 1. The van der Waals surface area contributed by atoms with Gasteiger partial charge in [0.05, 0.1) is 0 Å². The first-order chi connectivity index (χ1) is 10.9. The van der Waals surface area contributed by atoms with Crippen LogP contribution in [-0.2, 0) is 6.42 Å². The molecular weight excluding hydrogens is 274 g/mol. The third-order valence-electron chi connectivity index (χ3n) is 3.71. The van der Waals surface area contributed by atoms with E-state index in [9.17, 15) is 0 Å². The molecule has 2 aromatic carbocycles. The Kier molecular flexibility index (Phi) is 3.20. The van der Waals surface area contributed by atoms with E-state index in [-0.39, 0.29) is 0 Å². The molecule has 0 saturated carbocycles. The lowest BCUT2D eigenvalue weighted by molar-refractivity contribution is 0.666. The van der Waals surface area contributed by atoms with E-state index in [1.807, 2.05) is 30.3 Å². The van der Waals surface area contributed by atoms with E-state index < -0.39 is 0 Å². The monoisotopic (exact) mass is 289 g/mol. The second kappa shape index (κ2) is 5.48. The van der Waals surface area contributed by atoms with Gasteiger partial charge in [-0.25, -0.2) is 9.97 Å². The van der Waals surface area contributed by atoms with E-state index in [1.54, 1.807) is 6.33 Å². The summed E-state index contributed by atoms with van der Waals surface area (Å²) in [7, 11) is 0. The molecule has 0 aliphatic rings. The van der Waals surface area contributed by atoms with Crippen molar-refractivity contribution >= 4 is 27.9 Å². The molecule has 4 nitrogen and oxygen atoms in total. The third-order valence-corrected chi connectivity index (χ3v) is 3.71. The van der Waals surface area contributed by atoms with Crippen molar-refractivity contribution in [3.63, 3.8) is 0 Å². The van der Waals surface area contributed by atoms with Crippen LogP contribution in [0.25, 0.3) is 22.1 Å². The lowest BCUT2D eigenvalue weighted by atomic mass is 10.1. The fourth-order valence-electron chi connectivity index (χ4n) is 2.62. The normalized spacial score (nSPS) is 11.1. The van der Waals surface area contributed by atoms with Gasteiger partial charge < -0.3 is 9.73 Å². The van der Waals surface area contributed by atoms with E-state index in [0.717, 1.165) is 40.9 Å². The Morgan fingerprint density at radius 1 is 0.909 bits per heavy atom. The van der Waals surface area contributed by atoms with Crippen LogP contribution in [0.3, 0.4) is 0 Å². The van der Waals surface area contributed by atoms with Crippen molar-refractivity contribution in [1.82, 2.24) is 9.97 Å². The van der Waals surface area contributed by atoms with E-state index in [4.69, 9.17) is 4.42 Å². The predicted molar refractivity (Wildman–Crippen MR) is 87.9 cm³/mol. The summed E-state index contributed by atoms with van der Waals surface area (Å²) in [5.41, 5.74) is 3.71. The molecule has 4 rings (SSSR count). The first kappa shape index (κ1) is 12.8. The highest BCUT2D eigenvalue weighted by Crippen LogP contribution is 2.30. The van der Waals surface area contributed by atoms with Gasteiger partial charge in [0.1, 0.15) is 17.4 Å². The zero-order valence-corrected chi connectivity index (χ0v) is 12.0. The molecule has 1 N–H and O–H groups in total. The van der Waals surface area contributed by atoms with Crippen LogP contribution in [0.15, 0.2) is 65.3 Å². The molecule has 2 aromatic heterocycles. The highest BCUT2D eigenvalue weighted by Gasteiger charge is 2.12. The molecule has 0 aliphatic heterocycles. The molecule has 2 heterocycles. The number of para-hydroxylation sites is 1. The van der Waals surface area contributed by atoms with Gasteiger partial charge in [0.25, 0.3) is 0 Å². The molecule has 108 valence electrons. The van der Waals surface area contributed by atoms with E-state index in [0.29, 0.717) is 0 Å². The summed E-state index contributed by atoms with van der Waals surface area (Å²) >= 11 is 0. The number of nitrogens with one attached hydrogen (secondary N) is 1. The third kappa shape index (κ3) is 2.29. The molecule has 0 amide bonds. The Labute approximate surface area is 127 Å².